The van der Waals surface area contributed by atoms with Crippen molar-refractivity contribution in [1.29, 1.82) is 0 Å². The average molecular weight is 743 g/mol. The van der Waals surface area contributed by atoms with E-state index in [0.717, 1.165) is 69.9 Å². The minimum Gasteiger partial charge on any atom is -0.462 e. The lowest BCUT2D eigenvalue weighted by Crippen LogP contribution is -2.41. The van der Waals surface area contributed by atoms with Gasteiger partial charge in [0.1, 0.15) is 18.5 Å². The van der Waals surface area contributed by atoms with E-state index in [4.69, 9.17) is 34.5 Å². The summed E-state index contributed by atoms with van der Waals surface area (Å²) in [6.45, 7) is 2.97. The third-order valence-corrected chi connectivity index (χ3v) is 9.50. The molecule has 2 bridgehead atoms. The van der Waals surface area contributed by atoms with Crippen molar-refractivity contribution in [1.82, 2.24) is 10.3 Å². The van der Waals surface area contributed by atoms with Gasteiger partial charge in [-0.3, -0.25) is 4.79 Å². The normalized spacial score (nSPS) is 24.3. The second kappa shape index (κ2) is 26.2. The maximum Gasteiger partial charge on any atom is 0.407 e. The number of terminal acetylenes is 1. The van der Waals surface area contributed by atoms with Gasteiger partial charge < -0.3 is 38.2 Å². The monoisotopic (exact) mass is 742 g/mol. The molecule has 6 atom stereocenters. The van der Waals surface area contributed by atoms with Crippen molar-refractivity contribution in [2.24, 2.45) is 0 Å². The van der Waals surface area contributed by atoms with E-state index in [1.54, 1.807) is 31.6 Å². The lowest BCUT2D eigenvalue weighted by molar-refractivity contribution is -0.169. The molecule has 3 rings (SSSR count). The topological polar surface area (TPSA) is 145 Å². The fourth-order valence-electron chi connectivity index (χ4n) is 6.77. The zero-order valence-corrected chi connectivity index (χ0v) is 32.1. The molecule has 1 aromatic rings. The number of carbonyl (C=O) groups excluding carboxylic acids is 3. The number of esters is 2. The lowest BCUT2D eigenvalue weighted by Gasteiger charge is -2.37. The smallest absolute Gasteiger partial charge is 0.407 e. The number of alkyl carbamates (subject to hydrolysis) is 1. The van der Waals surface area contributed by atoms with Crippen LogP contribution >= 0.6 is 0 Å². The van der Waals surface area contributed by atoms with E-state index in [1.165, 1.54) is 19.6 Å². The van der Waals surface area contributed by atoms with E-state index in [2.05, 4.69) is 27.9 Å². The Balaban J connectivity index is 1.55. The SMILES string of the molecule is C#CCCCCCCCC[C@H]1CCOC(CCC)C[C@@H](OC)CC2C[C@@H](OC(=O)/C=C\CCc3coc(/C=C\CNC(=O)OC)n3)CC(CC(=O)O1)O2. The second-order valence-electron chi connectivity index (χ2n) is 13.9. The number of nitrogens with one attached hydrogen (secondary N) is 1. The van der Waals surface area contributed by atoms with Gasteiger partial charge in [-0.1, -0.05) is 51.2 Å². The number of carbonyl (C=O) groups is 3. The molecule has 1 N–H and O–H groups in total. The van der Waals surface area contributed by atoms with Crippen molar-refractivity contribution in [2.75, 3.05) is 27.4 Å². The van der Waals surface area contributed by atoms with Crippen molar-refractivity contribution in [2.45, 2.75) is 159 Å². The maximum absolute atomic E-state index is 13.3. The minimum absolute atomic E-state index is 0.0287. The van der Waals surface area contributed by atoms with E-state index in [-0.39, 0.29) is 43.4 Å². The second-order valence-corrected chi connectivity index (χ2v) is 13.9. The molecule has 0 spiro atoms. The number of nitrogens with zero attached hydrogens (tertiary/aromatic N) is 1. The molecule has 12 heteroatoms. The zero-order valence-electron chi connectivity index (χ0n) is 32.1. The summed E-state index contributed by atoms with van der Waals surface area (Å²) in [5, 5.41) is 2.54. The third-order valence-electron chi connectivity index (χ3n) is 9.50. The number of amides is 1. The Morgan fingerprint density at radius 1 is 1.00 bits per heavy atom. The molecular formula is C41H62N2O10. The van der Waals surface area contributed by atoms with Gasteiger partial charge in [0.05, 0.1) is 50.2 Å². The molecule has 2 fully saturated rings. The number of unbranched alkanes of at least 4 members (excludes halogenated alkanes) is 6. The van der Waals surface area contributed by atoms with E-state index < -0.39 is 24.3 Å². The quantitative estimate of drug-likeness (QED) is 0.0497. The number of methoxy groups -OCH3 is 2. The molecule has 0 aromatic carbocycles. The summed E-state index contributed by atoms with van der Waals surface area (Å²) in [4.78, 5) is 41.7. The van der Waals surface area contributed by atoms with Gasteiger partial charge in [0.15, 0.2) is 0 Å². The third kappa shape index (κ3) is 18.8. The van der Waals surface area contributed by atoms with Gasteiger partial charge in [-0.2, -0.15) is 0 Å². The Labute approximate surface area is 316 Å². The van der Waals surface area contributed by atoms with Gasteiger partial charge in [-0.15, -0.1) is 12.3 Å². The first-order valence-electron chi connectivity index (χ1n) is 19.5. The first-order valence-corrected chi connectivity index (χ1v) is 19.5. The summed E-state index contributed by atoms with van der Waals surface area (Å²) >= 11 is 0. The Hall–Kier alpha value is -3.66. The fraction of sp³-hybridized carbons (Fsp3) is 0.707. The van der Waals surface area contributed by atoms with Crippen LogP contribution in [0, 0.1) is 12.3 Å². The standard InChI is InChI=1S/C41H62N2O10/c1-5-7-8-9-10-11-12-13-19-32-22-24-49-33(17-6-2)25-34(47-3)26-35-27-36(28-37(51-35)29-40(45)52-32)53-39(44)21-15-14-18-31-30-50-38(43-31)20-16-23-42-41(46)48-4/h1,15-16,20-21,30,32-37H,6-14,17-19,22-29H2,2-4H3,(H,42,46)/b20-16-,21-15-/t32-,33?,34+,35?,36+,37?/m0/s1. The number of ether oxygens (including phenoxy) is 6. The fourth-order valence-corrected chi connectivity index (χ4v) is 6.77. The van der Waals surface area contributed by atoms with Crippen LogP contribution in [-0.4, -0.2) is 87.0 Å². The van der Waals surface area contributed by atoms with Crippen LogP contribution in [0.4, 0.5) is 4.79 Å². The summed E-state index contributed by atoms with van der Waals surface area (Å²) in [5.41, 5.74) is 0.735. The number of hydrogen-bond donors (Lipinski definition) is 1. The van der Waals surface area contributed by atoms with Crippen molar-refractivity contribution >= 4 is 24.1 Å². The number of rotatable bonds is 19. The molecule has 296 valence electrons. The Kier molecular flexibility index (Phi) is 21.6. The van der Waals surface area contributed by atoms with E-state index in [0.29, 0.717) is 51.0 Å². The van der Waals surface area contributed by atoms with Crippen molar-refractivity contribution in [3.8, 4) is 12.3 Å². The number of allylic oxidation sites excluding steroid dienone is 1. The van der Waals surface area contributed by atoms with Crippen LogP contribution in [0.5, 0.6) is 0 Å². The summed E-state index contributed by atoms with van der Waals surface area (Å²) in [5.74, 6) is 2.38. The highest BCUT2D eigenvalue weighted by atomic mass is 16.6. The van der Waals surface area contributed by atoms with Crippen LogP contribution in [0.2, 0.25) is 0 Å². The van der Waals surface area contributed by atoms with Crippen molar-refractivity contribution in [3.63, 3.8) is 0 Å². The molecule has 3 unspecified atom stereocenters. The average Bonchev–Trinajstić information content (AvgIpc) is 3.59. The highest BCUT2D eigenvalue weighted by molar-refractivity contribution is 5.82. The van der Waals surface area contributed by atoms with E-state index in [9.17, 15) is 14.4 Å². The predicted octanol–water partition coefficient (Wildman–Crippen LogP) is 7.43. The number of cyclic esters (lactones) is 1. The first kappa shape index (κ1) is 43.7. The Morgan fingerprint density at radius 2 is 1.77 bits per heavy atom. The molecule has 53 heavy (non-hydrogen) atoms. The molecule has 2 aliphatic rings. The summed E-state index contributed by atoms with van der Waals surface area (Å²) in [7, 11) is 3.01. The number of aromatic nitrogens is 1. The van der Waals surface area contributed by atoms with Crippen LogP contribution < -0.4 is 5.32 Å². The van der Waals surface area contributed by atoms with Crippen LogP contribution in [-0.2, 0) is 44.4 Å². The van der Waals surface area contributed by atoms with Gasteiger partial charge in [-0.05, 0) is 57.4 Å². The molecule has 1 aromatic heterocycles. The van der Waals surface area contributed by atoms with Crippen LogP contribution in [0.15, 0.2) is 28.9 Å². The molecule has 0 aliphatic carbocycles. The van der Waals surface area contributed by atoms with Gasteiger partial charge in [0, 0.05) is 45.4 Å². The van der Waals surface area contributed by atoms with Gasteiger partial charge in [0.25, 0.3) is 0 Å². The lowest BCUT2D eigenvalue weighted by atomic mass is 9.93. The number of hydrogen-bond acceptors (Lipinski definition) is 11. The highest BCUT2D eigenvalue weighted by Gasteiger charge is 2.35. The molecule has 3 heterocycles. The minimum atomic E-state index is -0.518. The number of aryl methyl sites for hydroxylation is 1. The Morgan fingerprint density at radius 3 is 2.55 bits per heavy atom. The summed E-state index contributed by atoms with van der Waals surface area (Å²) in [6.07, 6.45) is 25.9. The van der Waals surface area contributed by atoms with Crippen LogP contribution in [0.1, 0.15) is 128 Å². The molecular weight excluding hydrogens is 680 g/mol. The number of fused-ring (bicyclic) bond motifs is 2. The zero-order chi connectivity index (χ0) is 38.1. The first-order chi connectivity index (χ1) is 25.8. The van der Waals surface area contributed by atoms with Gasteiger partial charge in [0.2, 0.25) is 5.89 Å². The molecule has 1 amide bonds. The van der Waals surface area contributed by atoms with Gasteiger partial charge in [-0.25, -0.2) is 14.6 Å². The maximum atomic E-state index is 13.3. The van der Waals surface area contributed by atoms with Crippen LogP contribution in [0.3, 0.4) is 0 Å². The predicted molar refractivity (Wildman–Crippen MR) is 201 cm³/mol. The summed E-state index contributed by atoms with van der Waals surface area (Å²) < 4.78 is 40.6. The van der Waals surface area contributed by atoms with Crippen LogP contribution in [0.25, 0.3) is 6.08 Å². The molecule has 0 saturated carbocycles. The van der Waals surface area contributed by atoms with Crippen molar-refractivity contribution in [3.05, 3.63) is 36.1 Å². The van der Waals surface area contributed by atoms with Crippen molar-refractivity contribution < 1.29 is 47.2 Å². The van der Waals surface area contributed by atoms with Gasteiger partial charge >= 0.3 is 18.0 Å². The number of oxazole rings is 1. The van der Waals surface area contributed by atoms with E-state index in [1.807, 2.05) is 0 Å². The molecule has 2 saturated heterocycles. The van der Waals surface area contributed by atoms with E-state index >= 15 is 0 Å². The largest absolute Gasteiger partial charge is 0.462 e. The summed E-state index contributed by atoms with van der Waals surface area (Å²) in [6, 6.07) is 0. The molecule has 0 radical (unpaired) electrons. The highest BCUT2D eigenvalue weighted by Crippen LogP contribution is 2.30. The Bertz CT molecular complexity index is 1300. The molecule has 2 aliphatic heterocycles. The molecule has 12 nitrogen and oxygen atoms in total.